The van der Waals surface area contributed by atoms with Crippen molar-refractivity contribution in [2.45, 2.75) is 31.4 Å². The van der Waals surface area contributed by atoms with Gasteiger partial charge in [0.25, 0.3) is 15.9 Å². The molecule has 2 heterocycles. The van der Waals surface area contributed by atoms with Crippen LogP contribution in [0.1, 0.15) is 23.1 Å². The van der Waals surface area contributed by atoms with E-state index in [0.717, 1.165) is 5.82 Å². The van der Waals surface area contributed by atoms with Crippen molar-refractivity contribution in [2.24, 2.45) is 0 Å². The number of benzene rings is 2. The molecule has 0 radical (unpaired) electrons. The van der Waals surface area contributed by atoms with Gasteiger partial charge in [-0.25, -0.2) is 13.4 Å². The van der Waals surface area contributed by atoms with Crippen LogP contribution in [0.4, 0.5) is 5.69 Å². The normalized spacial score (nSPS) is 16.8. The maximum absolute atomic E-state index is 13.1. The molecule has 10 heteroatoms. The Morgan fingerprint density at radius 2 is 2.00 bits per heavy atom. The molecule has 4 rings (SSSR count). The second-order valence-corrected chi connectivity index (χ2v) is 9.17. The van der Waals surface area contributed by atoms with Gasteiger partial charge in [-0.05, 0) is 38.1 Å². The summed E-state index contributed by atoms with van der Waals surface area (Å²) < 4.78 is 41.1. The summed E-state index contributed by atoms with van der Waals surface area (Å²) in [5.74, 6) is 0.406. The van der Waals surface area contributed by atoms with Gasteiger partial charge in [-0.1, -0.05) is 18.2 Å². The predicted molar refractivity (Wildman–Crippen MR) is 120 cm³/mol. The zero-order valence-electron chi connectivity index (χ0n) is 18.0. The van der Waals surface area contributed by atoms with Gasteiger partial charge in [0, 0.05) is 13.1 Å². The Balaban J connectivity index is 1.68. The van der Waals surface area contributed by atoms with E-state index in [-0.39, 0.29) is 22.6 Å². The number of carbonyl (C=O) groups is 1. The molecule has 1 unspecified atom stereocenters. The first kappa shape index (κ1) is 22.3. The zero-order valence-corrected chi connectivity index (χ0v) is 18.8. The number of carbonyl (C=O) groups excluding carboxylic acids is 1. The highest BCUT2D eigenvalue weighted by Gasteiger charge is 2.22. The Morgan fingerprint density at radius 3 is 2.69 bits per heavy atom. The molecule has 1 fully saturated rings. The van der Waals surface area contributed by atoms with Crippen molar-refractivity contribution in [1.82, 2.24) is 14.9 Å². The number of ether oxygens (including phenoxy) is 2. The number of hydrogen-bond acceptors (Lipinski definition) is 6. The summed E-state index contributed by atoms with van der Waals surface area (Å²) in [5, 5.41) is 2.88. The minimum atomic E-state index is -3.82. The molecule has 0 aliphatic carbocycles. The van der Waals surface area contributed by atoms with Crippen LogP contribution in [0, 0.1) is 6.92 Å². The summed E-state index contributed by atoms with van der Waals surface area (Å²) in [6, 6.07) is 11.3. The number of imidazole rings is 1. The van der Waals surface area contributed by atoms with Crippen LogP contribution in [0.2, 0.25) is 0 Å². The fourth-order valence-electron chi connectivity index (χ4n) is 3.77. The molecule has 1 amide bonds. The maximum Gasteiger partial charge on any atom is 0.261 e. The van der Waals surface area contributed by atoms with Crippen molar-refractivity contribution < 1.29 is 22.7 Å². The molecule has 1 aliphatic rings. The number of fused-ring (bicyclic) bond motifs is 1. The molecule has 2 aromatic carbocycles. The molecule has 9 nitrogen and oxygen atoms in total. The summed E-state index contributed by atoms with van der Waals surface area (Å²) in [6.45, 7) is 6.18. The second kappa shape index (κ2) is 9.27. The molecule has 0 spiro atoms. The highest BCUT2D eigenvalue weighted by molar-refractivity contribution is 7.92. The van der Waals surface area contributed by atoms with E-state index in [4.69, 9.17) is 9.47 Å². The highest BCUT2D eigenvalue weighted by atomic mass is 32.2. The Hall–Kier alpha value is -2.95. The van der Waals surface area contributed by atoms with E-state index < -0.39 is 10.0 Å². The molecule has 1 saturated heterocycles. The van der Waals surface area contributed by atoms with Gasteiger partial charge < -0.3 is 19.4 Å². The third-order valence-electron chi connectivity index (χ3n) is 5.27. The SMILES string of the molecule is CCn1c(C)nc2cc(NS(=O)(=O)c3ccccc3)cc(C(=O)NCC3COCCO3)c21. The van der Waals surface area contributed by atoms with Gasteiger partial charge in [-0.15, -0.1) is 0 Å². The quantitative estimate of drug-likeness (QED) is 0.562. The fourth-order valence-corrected chi connectivity index (χ4v) is 4.83. The van der Waals surface area contributed by atoms with Crippen LogP contribution < -0.4 is 10.0 Å². The molecule has 32 heavy (non-hydrogen) atoms. The molecule has 170 valence electrons. The van der Waals surface area contributed by atoms with Gasteiger partial charge >= 0.3 is 0 Å². The first-order valence-electron chi connectivity index (χ1n) is 10.5. The third kappa shape index (κ3) is 4.62. The number of nitrogens with zero attached hydrogens (tertiary/aromatic N) is 2. The summed E-state index contributed by atoms with van der Waals surface area (Å²) in [7, 11) is -3.82. The maximum atomic E-state index is 13.1. The first-order valence-corrected chi connectivity index (χ1v) is 11.9. The monoisotopic (exact) mass is 458 g/mol. The van der Waals surface area contributed by atoms with Crippen molar-refractivity contribution in [3.05, 3.63) is 53.9 Å². The lowest BCUT2D eigenvalue weighted by atomic mass is 10.1. The van der Waals surface area contributed by atoms with Gasteiger partial charge in [0.1, 0.15) is 5.82 Å². The van der Waals surface area contributed by atoms with Gasteiger partial charge in [0.15, 0.2) is 0 Å². The summed E-state index contributed by atoms with van der Waals surface area (Å²) >= 11 is 0. The second-order valence-electron chi connectivity index (χ2n) is 7.49. The lowest BCUT2D eigenvalue weighted by Gasteiger charge is -2.23. The van der Waals surface area contributed by atoms with Crippen LogP contribution in [0.25, 0.3) is 11.0 Å². The number of aryl methyl sites for hydroxylation is 2. The van der Waals surface area contributed by atoms with Gasteiger partial charge in [-0.3, -0.25) is 9.52 Å². The summed E-state index contributed by atoms with van der Waals surface area (Å²) in [6.07, 6.45) is -0.222. The smallest absolute Gasteiger partial charge is 0.261 e. The molecule has 0 bridgehead atoms. The number of nitrogens with one attached hydrogen (secondary N) is 2. The van der Waals surface area contributed by atoms with Crippen molar-refractivity contribution in [3.63, 3.8) is 0 Å². The number of sulfonamides is 1. The lowest BCUT2D eigenvalue weighted by Crippen LogP contribution is -2.39. The van der Waals surface area contributed by atoms with E-state index in [1.54, 1.807) is 30.3 Å². The number of aromatic nitrogens is 2. The number of amides is 1. The lowest BCUT2D eigenvalue weighted by molar-refractivity contribution is -0.0855. The number of hydrogen-bond donors (Lipinski definition) is 2. The average Bonchev–Trinajstić information content (AvgIpc) is 3.12. The van der Waals surface area contributed by atoms with E-state index in [1.807, 2.05) is 18.4 Å². The highest BCUT2D eigenvalue weighted by Crippen LogP contribution is 2.27. The standard InChI is InChI=1S/C22H26N4O5S/c1-3-26-15(2)24-20-12-16(25-32(28,29)18-7-5-4-6-8-18)11-19(21(20)26)22(27)23-13-17-14-30-9-10-31-17/h4-8,11-12,17,25H,3,9-10,13-14H2,1-2H3,(H,23,27). The van der Waals surface area contributed by atoms with Crippen molar-refractivity contribution in [1.29, 1.82) is 0 Å². The van der Waals surface area contributed by atoms with Gasteiger partial charge in [0.2, 0.25) is 0 Å². The minimum Gasteiger partial charge on any atom is -0.376 e. The van der Waals surface area contributed by atoms with E-state index in [0.29, 0.717) is 49.5 Å². The van der Waals surface area contributed by atoms with E-state index in [9.17, 15) is 13.2 Å². The Kier molecular flexibility index (Phi) is 6.45. The van der Waals surface area contributed by atoms with Gasteiger partial charge in [-0.2, -0.15) is 0 Å². The molecular weight excluding hydrogens is 432 g/mol. The van der Waals surface area contributed by atoms with Crippen LogP contribution >= 0.6 is 0 Å². The van der Waals surface area contributed by atoms with Crippen molar-refractivity contribution >= 4 is 32.7 Å². The molecule has 1 aliphatic heterocycles. The Bertz CT molecular complexity index is 1220. The van der Waals surface area contributed by atoms with Crippen LogP contribution in [-0.2, 0) is 26.0 Å². The van der Waals surface area contributed by atoms with E-state index in [1.165, 1.54) is 12.1 Å². The van der Waals surface area contributed by atoms with E-state index in [2.05, 4.69) is 15.0 Å². The molecule has 1 atom stereocenters. The number of rotatable bonds is 7. The molecule has 0 saturated carbocycles. The summed E-state index contributed by atoms with van der Waals surface area (Å²) in [5.41, 5.74) is 1.81. The molecule has 1 aromatic heterocycles. The minimum absolute atomic E-state index is 0.135. The fraction of sp³-hybridized carbons (Fsp3) is 0.364. The van der Waals surface area contributed by atoms with Crippen LogP contribution in [0.15, 0.2) is 47.4 Å². The summed E-state index contributed by atoms with van der Waals surface area (Å²) in [4.78, 5) is 17.8. The van der Waals surface area contributed by atoms with Gasteiger partial charge in [0.05, 0.1) is 53.1 Å². The molecular formula is C22H26N4O5S. The Morgan fingerprint density at radius 1 is 1.22 bits per heavy atom. The topological polar surface area (TPSA) is 112 Å². The molecule has 2 N–H and O–H groups in total. The molecule has 3 aromatic rings. The van der Waals surface area contributed by atoms with Crippen LogP contribution in [-0.4, -0.2) is 56.3 Å². The van der Waals surface area contributed by atoms with Crippen LogP contribution in [0.5, 0.6) is 0 Å². The Labute approximate surface area is 186 Å². The van der Waals surface area contributed by atoms with E-state index >= 15 is 0 Å². The first-order chi connectivity index (χ1) is 15.4. The average molecular weight is 459 g/mol. The zero-order chi connectivity index (χ0) is 22.7. The van der Waals surface area contributed by atoms with Crippen molar-refractivity contribution in [3.8, 4) is 0 Å². The predicted octanol–water partition coefficient (Wildman–Crippen LogP) is 2.31. The van der Waals surface area contributed by atoms with Crippen molar-refractivity contribution in [2.75, 3.05) is 31.1 Å². The largest absolute Gasteiger partial charge is 0.376 e. The number of anilines is 1. The third-order valence-corrected chi connectivity index (χ3v) is 6.67. The van der Waals surface area contributed by atoms with Crippen LogP contribution in [0.3, 0.4) is 0 Å².